The van der Waals surface area contributed by atoms with Crippen molar-refractivity contribution in [1.82, 2.24) is 25.0 Å². The number of nitrogens with zero attached hydrogens (tertiary/aromatic N) is 3. The lowest BCUT2D eigenvalue weighted by atomic mass is 9.39. The van der Waals surface area contributed by atoms with Gasteiger partial charge in [-0.05, 0) is 94.5 Å². The minimum Gasteiger partial charge on any atom is -0.444 e. The molecule has 41 heavy (non-hydrogen) atoms. The van der Waals surface area contributed by atoms with Crippen LogP contribution in [0.1, 0.15) is 91.4 Å². The summed E-state index contributed by atoms with van der Waals surface area (Å²) in [5.74, 6) is -0.00109. The first kappa shape index (κ1) is 27.8. The fourth-order valence-corrected chi connectivity index (χ4v) is 7.65. The number of rotatable bonds is 7. The molecule has 1 spiro atoms. The van der Waals surface area contributed by atoms with Crippen molar-refractivity contribution in [3.63, 3.8) is 0 Å². The maximum atomic E-state index is 13.4. The van der Waals surface area contributed by atoms with E-state index in [1.165, 1.54) is 17.7 Å². The molecule has 4 saturated carbocycles. The van der Waals surface area contributed by atoms with E-state index in [0.29, 0.717) is 12.1 Å². The van der Waals surface area contributed by atoms with Gasteiger partial charge in [-0.1, -0.05) is 12.1 Å². The number of hydrogen-bond acceptors (Lipinski definition) is 5. The van der Waals surface area contributed by atoms with Crippen LogP contribution in [0, 0.1) is 5.41 Å². The number of carbonyl (C=O) groups is 3. The van der Waals surface area contributed by atoms with E-state index in [4.69, 9.17) is 4.74 Å². The lowest BCUT2D eigenvalue weighted by molar-refractivity contribution is -0.147. The Hall–Kier alpha value is -3.33. The molecule has 9 nitrogen and oxygen atoms in total. The minimum atomic E-state index is -0.510. The molecule has 0 saturated heterocycles. The minimum absolute atomic E-state index is 0.0135. The standard InChI is InChI=1S/C32H43N5O4/c1-29(2,3)41-28(40)34-31-18-30(19-31,20-31)21-33-26(38)24-11-12-25-32(13-6-14-32)36(15-16-37(24)25)17-22-7-9-23(10-8-22)27(39)35(4)5/h7-12H,6,13-21H2,1-5H3,(H,33,38)(H,34,40). The Labute approximate surface area is 242 Å². The van der Waals surface area contributed by atoms with Crippen LogP contribution in [0.5, 0.6) is 0 Å². The van der Waals surface area contributed by atoms with Gasteiger partial charge in [0.2, 0.25) is 0 Å². The molecule has 9 heteroatoms. The van der Waals surface area contributed by atoms with E-state index < -0.39 is 5.60 Å². The van der Waals surface area contributed by atoms with Crippen LogP contribution in [0.4, 0.5) is 4.79 Å². The highest BCUT2D eigenvalue weighted by molar-refractivity contribution is 5.94. The molecule has 0 radical (unpaired) electrons. The van der Waals surface area contributed by atoms with Crippen molar-refractivity contribution >= 4 is 17.9 Å². The number of hydrogen-bond donors (Lipinski definition) is 2. The van der Waals surface area contributed by atoms with Crippen LogP contribution >= 0.6 is 0 Å². The van der Waals surface area contributed by atoms with Gasteiger partial charge >= 0.3 is 6.09 Å². The molecule has 4 fully saturated rings. The van der Waals surface area contributed by atoms with Crippen molar-refractivity contribution in [2.45, 2.75) is 89.1 Å². The number of aromatic nitrogens is 1. The molecule has 7 rings (SSSR count). The zero-order chi connectivity index (χ0) is 29.2. The quantitative estimate of drug-likeness (QED) is 0.527. The summed E-state index contributed by atoms with van der Waals surface area (Å²) in [5, 5.41) is 6.26. The number of nitrogens with one attached hydrogen (secondary N) is 2. The number of carbonyl (C=O) groups excluding carboxylic acids is 3. The molecule has 5 aliphatic rings. The first-order valence-electron chi connectivity index (χ1n) is 14.9. The summed E-state index contributed by atoms with van der Waals surface area (Å²) in [6.07, 6.45) is 5.65. The first-order valence-corrected chi connectivity index (χ1v) is 14.9. The smallest absolute Gasteiger partial charge is 0.408 e. The fourth-order valence-electron chi connectivity index (χ4n) is 7.65. The Bertz CT molecular complexity index is 1350. The van der Waals surface area contributed by atoms with Crippen molar-refractivity contribution < 1.29 is 19.1 Å². The van der Waals surface area contributed by atoms with Crippen molar-refractivity contribution in [2.75, 3.05) is 27.2 Å². The van der Waals surface area contributed by atoms with E-state index in [9.17, 15) is 14.4 Å². The molecule has 1 aliphatic heterocycles. The summed E-state index contributed by atoms with van der Waals surface area (Å²) < 4.78 is 7.65. The third-order valence-electron chi connectivity index (χ3n) is 9.58. The molecule has 1 aromatic heterocycles. The number of alkyl carbamates (subject to hydrolysis) is 1. The Balaban J connectivity index is 1.06. The van der Waals surface area contributed by atoms with Gasteiger partial charge in [0.1, 0.15) is 11.3 Å². The van der Waals surface area contributed by atoms with E-state index in [-0.39, 0.29) is 34.4 Å². The van der Waals surface area contributed by atoms with Crippen molar-refractivity contribution in [2.24, 2.45) is 5.41 Å². The Morgan fingerprint density at radius 1 is 0.976 bits per heavy atom. The van der Waals surface area contributed by atoms with Crippen LogP contribution in [-0.2, 0) is 23.4 Å². The highest BCUT2D eigenvalue weighted by Crippen LogP contribution is 2.66. The van der Waals surface area contributed by atoms with Gasteiger partial charge in [0, 0.05) is 57.1 Å². The Kier molecular flexibility index (Phi) is 6.52. The zero-order valence-corrected chi connectivity index (χ0v) is 25.0. The third kappa shape index (κ3) is 4.92. The normalized spacial score (nSPS) is 25.7. The average Bonchev–Trinajstić information content (AvgIpc) is 3.26. The Morgan fingerprint density at radius 2 is 1.66 bits per heavy atom. The van der Waals surface area contributed by atoms with Crippen LogP contribution in [0.3, 0.4) is 0 Å². The van der Waals surface area contributed by atoms with E-state index in [1.54, 1.807) is 19.0 Å². The molecule has 4 aliphatic carbocycles. The SMILES string of the molecule is CN(C)C(=O)c1ccc(CN2CCn3c(C(=O)NCC45CC(NC(=O)OC(C)(C)C)(C4)C5)ccc3C23CCC3)cc1. The number of fused-ring (bicyclic) bond motifs is 2. The second kappa shape index (κ2) is 9.61. The van der Waals surface area contributed by atoms with Crippen molar-refractivity contribution in [3.8, 4) is 0 Å². The molecule has 3 amide bonds. The van der Waals surface area contributed by atoms with Crippen molar-refractivity contribution in [1.29, 1.82) is 0 Å². The van der Waals surface area contributed by atoms with Gasteiger partial charge in [-0.2, -0.15) is 0 Å². The van der Waals surface area contributed by atoms with Gasteiger partial charge in [0.05, 0.1) is 5.54 Å². The van der Waals surface area contributed by atoms with Gasteiger partial charge < -0.3 is 24.8 Å². The summed E-state index contributed by atoms with van der Waals surface area (Å²) in [4.78, 5) is 42.0. The predicted molar refractivity (Wildman–Crippen MR) is 156 cm³/mol. The largest absolute Gasteiger partial charge is 0.444 e. The predicted octanol–water partition coefficient (Wildman–Crippen LogP) is 4.26. The average molecular weight is 562 g/mol. The maximum Gasteiger partial charge on any atom is 0.408 e. The summed E-state index contributed by atoms with van der Waals surface area (Å²) in [7, 11) is 3.54. The topological polar surface area (TPSA) is 95.9 Å². The van der Waals surface area contributed by atoms with Crippen LogP contribution in [0.2, 0.25) is 0 Å². The lowest BCUT2D eigenvalue weighted by Gasteiger charge is -2.70. The van der Waals surface area contributed by atoms with Crippen LogP contribution in [0.25, 0.3) is 0 Å². The highest BCUT2D eigenvalue weighted by atomic mass is 16.6. The summed E-state index contributed by atoms with van der Waals surface area (Å²) in [6, 6.07) is 12.1. The summed E-state index contributed by atoms with van der Waals surface area (Å²) in [5.41, 5.74) is 3.25. The number of benzene rings is 1. The van der Waals surface area contributed by atoms with E-state index in [2.05, 4.69) is 38.3 Å². The molecule has 2 aromatic rings. The number of ether oxygens (including phenoxy) is 1. The van der Waals surface area contributed by atoms with Crippen LogP contribution in [-0.4, -0.2) is 70.6 Å². The molecule has 0 unspecified atom stereocenters. The van der Waals surface area contributed by atoms with Gasteiger partial charge in [-0.3, -0.25) is 14.5 Å². The molecule has 2 heterocycles. The first-order chi connectivity index (χ1) is 19.3. The van der Waals surface area contributed by atoms with Crippen LogP contribution < -0.4 is 10.6 Å². The summed E-state index contributed by atoms with van der Waals surface area (Å²) in [6.45, 7) is 8.71. The second-order valence-corrected chi connectivity index (χ2v) is 14.1. The molecule has 2 N–H and O–H groups in total. The molecular formula is C32H43N5O4. The van der Waals surface area contributed by atoms with Gasteiger partial charge in [0.25, 0.3) is 11.8 Å². The van der Waals surface area contributed by atoms with Gasteiger partial charge in [-0.25, -0.2) is 4.79 Å². The zero-order valence-electron chi connectivity index (χ0n) is 25.0. The molecule has 1 aromatic carbocycles. The Morgan fingerprint density at radius 3 is 2.24 bits per heavy atom. The van der Waals surface area contributed by atoms with Gasteiger partial charge in [0.15, 0.2) is 0 Å². The fraction of sp³-hybridized carbons (Fsp3) is 0.594. The second-order valence-electron chi connectivity index (χ2n) is 14.1. The molecular weight excluding hydrogens is 518 g/mol. The molecule has 0 atom stereocenters. The molecule has 220 valence electrons. The van der Waals surface area contributed by atoms with Gasteiger partial charge in [-0.15, -0.1) is 0 Å². The highest BCUT2D eigenvalue weighted by Gasteiger charge is 2.68. The van der Waals surface area contributed by atoms with E-state index in [0.717, 1.165) is 57.4 Å². The van der Waals surface area contributed by atoms with Crippen molar-refractivity contribution in [3.05, 3.63) is 58.9 Å². The van der Waals surface area contributed by atoms with E-state index >= 15 is 0 Å². The third-order valence-corrected chi connectivity index (χ3v) is 9.58. The summed E-state index contributed by atoms with van der Waals surface area (Å²) >= 11 is 0. The lowest BCUT2D eigenvalue weighted by Crippen LogP contribution is -2.77. The maximum absolute atomic E-state index is 13.4. The monoisotopic (exact) mass is 561 g/mol. The van der Waals surface area contributed by atoms with Crippen LogP contribution in [0.15, 0.2) is 36.4 Å². The van der Waals surface area contributed by atoms with E-state index in [1.807, 2.05) is 39.0 Å². The number of amides is 3. The molecule has 2 bridgehead atoms.